The van der Waals surface area contributed by atoms with Crippen molar-refractivity contribution in [3.8, 4) is 0 Å². The molecule has 0 N–H and O–H groups in total. The molecular formula is C22H38O4Si6. The standard InChI is InChI=1S/C22H38O4Si6/c1-27-23-29(3,4)19-11-15-21(16-12-19)31(7,8)25-28(2)26-32(9,10)22-17-13-20(14-18-22)30(5,6)24-27/h11-18H,1-10H3. The molecule has 0 aromatic heterocycles. The topological polar surface area (TPSA) is 36.9 Å². The highest BCUT2D eigenvalue weighted by atomic mass is 28.5. The van der Waals surface area contributed by atoms with Crippen LogP contribution in [0.4, 0.5) is 0 Å². The Morgan fingerprint density at radius 2 is 0.562 bits per heavy atom. The van der Waals surface area contributed by atoms with Crippen molar-refractivity contribution in [3.05, 3.63) is 48.5 Å². The van der Waals surface area contributed by atoms with E-state index in [9.17, 15) is 0 Å². The molecule has 174 valence electrons. The van der Waals surface area contributed by atoms with Crippen molar-refractivity contribution >= 4 is 72.6 Å². The van der Waals surface area contributed by atoms with E-state index in [0.29, 0.717) is 0 Å². The first-order valence-electron chi connectivity index (χ1n) is 11.3. The molecule has 10 heteroatoms. The van der Waals surface area contributed by atoms with Gasteiger partial charge in [0.2, 0.25) is 33.3 Å². The van der Waals surface area contributed by atoms with Gasteiger partial charge in [0.1, 0.15) is 0 Å². The third-order valence-corrected chi connectivity index (χ3v) is 25.8. The third-order valence-electron chi connectivity index (χ3n) is 6.15. The molecule has 0 atom stereocenters. The highest BCUT2D eigenvalue weighted by Gasteiger charge is 2.38. The first kappa shape index (κ1) is 26.2. The fraction of sp³-hybridized carbons (Fsp3) is 0.455. The van der Waals surface area contributed by atoms with Gasteiger partial charge < -0.3 is 16.5 Å². The molecule has 0 aliphatic carbocycles. The van der Waals surface area contributed by atoms with Crippen LogP contribution in [0.15, 0.2) is 48.5 Å². The fourth-order valence-electron chi connectivity index (χ4n) is 4.26. The van der Waals surface area contributed by atoms with Crippen molar-refractivity contribution in [2.45, 2.75) is 65.5 Å². The molecule has 0 fully saturated rings. The predicted octanol–water partition coefficient (Wildman–Crippen LogP) is 3.35. The van der Waals surface area contributed by atoms with E-state index < -0.39 is 51.8 Å². The molecule has 2 aromatic carbocycles. The normalized spacial score (nSPS) is 23.6. The molecule has 2 radical (unpaired) electrons. The van der Waals surface area contributed by atoms with E-state index in [-0.39, 0.29) is 0 Å². The molecule has 4 aliphatic rings. The molecule has 0 saturated carbocycles. The van der Waals surface area contributed by atoms with Crippen molar-refractivity contribution in [1.82, 2.24) is 0 Å². The Morgan fingerprint density at radius 3 is 0.719 bits per heavy atom. The summed E-state index contributed by atoms with van der Waals surface area (Å²) in [5.41, 5.74) is 0. The highest BCUT2D eigenvalue weighted by Crippen LogP contribution is 2.16. The van der Waals surface area contributed by atoms with Gasteiger partial charge in [0.15, 0.2) is 0 Å². The minimum atomic E-state index is -2.07. The van der Waals surface area contributed by atoms with Crippen LogP contribution in [0.2, 0.25) is 65.5 Å². The van der Waals surface area contributed by atoms with Crippen molar-refractivity contribution in [1.29, 1.82) is 0 Å². The molecule has 0 amide bonds. The summed E-state index contributed by atoms with van der Waals surface area (Å²) in [6.45, 7) is 22.5. The van der Waals surface area contributed by atoms with E-state index in [0.717, 1.165) is 0 Å². The van der Waals surface area contributed by atoms with E-state index in [4.69, 9.17) is 16.5 Å². The summed E-state index contributed by atoms with van der Waals surface area (Å²) in [5.74, 6) is 0. The third kappa shape index (κ3) is 5.98. The van der Waals surface area contributed by atoms with Crippen LogP contribution < -0.4 is 20.7 Å². The molecule has 4 nitrogen and oxygen atoms in total. The average Bonchev–Trinajstić information content (AvgIpc) is 2.65. The van der Waals surface area contributed by atoms with Crippen LogP contribution in [0.5, 0.6) is 0 Å². The van der Waals surface area contributed by atoms with Gasteiger partial charge in [-0.3, -0.25) is 0 Å². The fourth-order valence-corrected chi connectivity index (χ4v) is 22.6. The number of hydrogen-bond donors (Lipinski definition) is 0. The molecule has 2 aromatic rings. The summed E-state index contributed by atoms with van der Waals surface area (Å²) < 4.78 is 26.7. The Balaban J connectivity index is 2.03. The summed E-state index contributed by atoms with van der Waals surface area (Å²) in [7, 11) is -11.0. The van der Waals surface area contributed by atoms with Gasteiger partial charge in [0.05, 0.1) is 0 Å². The lowest BCUT2D eigenvalue weighted by atomic mass is 10.4. The van der Waals surface area contributed by atoms with Gasteiger partial charge in [-0.05, 0) is 86.2 Å². The average molecular weight is 535 g/mol. The maximum absolute atomic E-state index is 6.66. The summed E-state index contributed by atoms with van der Waals surface area (Å²) >= 11 is 0. The number of hydrogen-bond acceptors (Lipinski definition) is 4. The van der Waals surface area contributed by atoms with Gasteiger partial charge in [-0.25, -0.2) is 0 Å². The Morgan fingerprint density at radius 1 is 0.406 bits per heavy atom. The number of rotatable bonds is 0. The molecule has 32 heavy (non-hydrogen) atoms. The molecule has 4 bridgehead atoms. The Bertz CT molecular complexity index is 777. The zero-order valence-corrected chi connectivity index (χ0v) is 27.3. The van der Waals surface area contributed by atoms with E-state index in [1.807, 2.05) is 0 Å². The van der Waals surface area contributed by atoms with Crippen molar-refractivity contribution in [3.63, 3.8) is 0 Å². The molecule has 0 spiro atoms. The van der Waals surface area contributed by atoms with Gasteiger partial charge >= 0.3 is 18.6 Å². The quantitative estimate of drug-likeness (QED) is 0.486. The maximum atomic E-state index is 6.66. The van der Waals surface area contributed by atoms with Gasteiger partial charge in [-0.1, -0.05) is 48.5 Å². The van der Waals surface area contributed by atoms with Crippen LogP contribution in [0.25, 0.3) is 0 Å². The van der Waals surface area contributed by atoms with E-state index in [1.54, 1.807) is 0 Å². The first-order chi connectivity index (χ1) is 14.6. The second-order valence-electron chi connectivity index (χ2n) is 10.6. The lowest BCUT2D eigenvalue weighted by Gasteiger charge is -2.34. The SMILES string of the molecule is C[Si]1O[Si](C)(C)c2ccc(cc2)[Si](C)(C)O[Si](C)O[Si](C)(C)c2ccc(cc2)[Si](C)(C)O1. The largest absolute Gasteiger partial charge is 0.432 e. The Kier molecular flexibility index (Phi) is 7.63. The number of benzene rings is 2. The van der Waals surface area contributed by atoms with Crippen molar-refractivity contribution < 1.29 is 16.5 Å². The molecule has 6 rings (SSSR count). The lowest BCUT2D eigenvalue weighted by molar-refractivity contribution is 0.432. The highest BCUT2D eigenvalue weighted by molar-refractivity contribution is 6.93. The van der Waals surface area contributed by atoms with Crippen LogP contribution in [-0.2, 0) is 16.5 Å². The summed E-state index contributed by atoms with van der Waals surface area (Å²) in [6, 6.07) is 18.0. The van der Waals surface area contributed by atoms with Crippen molar-refractivity contribution in [2.75, 3.05) is 0 Å². The van der Waals surface area contributed by atoms with Gasteiger partial charge in [0.25, 0.3) is 0 Å². The van der Waals surface area contributed by atoms with E-state index in [2.05, 4.69) is 114 Å². The smallest absolute Gasteiger partial charge is 0.359 e. The lowest BCUT2D eigenvalue weighted by Crippen LogP contribution is -2.57. The van der Waals surface area contributed by atoms with Crippen molar-refractivity contribution in [2.24, 2.45) is 0 Å². The minimum Gasteiger partial charge on any atom is -0.432 e. The van der Waals surface area contributed by atoms with Crippen LogP contribution >= 0.6 is 0 Å². The second kappa shape index (κ2) is 9.32. The molecule has 0 unspecified atom stereocenters. The van der Waals surface area contributed by atoms with E-state index >= 15 is 0 Å². The van der Waals surface area contributed by atoms with Gasteiger partial charge in [-0.2, -0.15) is 0 Å². The summed E-state index contributed by atoms with van der Waals surface area (Å²) in [5, 5.41) is 5.21. The Hall–Kier alpha value is -0.419. The summed E-state index contributed by atoms with van der Waals surface area (Å²) in [6.07, 6.45) is 0. The van der Waals surface area contributed by atoms with E-state index in [1.165, 1.54) is 20.7 Å². The maximum Gasteiger partial charge on any atom is 0.359 e. The first-order valence-corrected chi connectivity index (χ1v) is 26.5. The zero-order valence-electron chi connectivity index (χ0n) is 21.3. The monoisotopic (exact) mass is 534 g/mol. The Labute approximate surface area is 202 Å². The molecule has 4 aliphatic heterocycles. The summed E-state index contributed by atoms with van der Waals surface area (Å²) in [4.78, 5) is 0. The molecule has 4 heterocycles. The van der Waals surface area contributed by atoms with Gasteiger partial charge in [-0.15, -0.1) is 0 Å². The molecular weight excluding hydrogens is 497 g/mol. The zero-order chi connectivity index (χ0) is 23.9. The minimum absolute atomic E-state index is 1.30. The van der Waals surface area contributed by atoms with Crippen LogP contribution in [-0.4, -0.2) is 51.8 Å². The van der Waals surface area contributed by atoms with Crippen LogP contribution in [0, 0.1) is 0 Å². The molecule has 0 saturated heterocycles. The second-order valence-corrected chi connectivity index (χ2v) is 30.2. The predicted molar refractivity (Wildman–Crippen MR) is 149 cm³/mol. The van der Waals surface area contributed by atoms with Gasteiger partial charge in [0, 0.05) is 0 Å². The van der Waals surface area contributed by atoms with Crippen LogP contribution in [0.1, 0.15) is 0 Å². The van der Waals surface area contributed by atoms with Crippen LogP contribution in [0.3, 0.4) is 0 Å².